The van der Waals surface area contributed by atoms with Crippen LogP contribution in [0.25, 0.3) is 0 Å². The van der Waals surface area contributed by atoms with Crippen LogP contribution in [0, 0.1) is 0 Å². The van der Waals surface area contributed by atoms with Crippen molar-refractivity contribution in [1.82, 2.24) is 5.32 Å². The van der Waals surface area contributed by atoms with Gasteiger partial charge in [0.25, 0.3) is 0 Å². The van der Waals surface area contributed by atoms with E-state index in [0.29, 0.717) is 13.0 Å². The molecule has 0 aromatic heterocycles. The summed E-state index contributed by atoms with van der Waals surface area (Å²) in [5.41, 5.74) is 5.55. The van der Waals surface area contributed by atoms with Gasteiger partial charge in [0.05, 0.1) is 17.6 Å². The van der Waals surface area contributed by atoms with Gasteiger partial charge >= 0.3 is 0 Å². The number of methoxy groups -OCH3 is 1. The maximum Gasteiger partial charge on any atom is 0.223 e. The molecule has 18 heavy (non-hydrogen) atoms. The summed E-state index contributed by atoms with van der Waals surface area (Å²) in [6, 6.07) is 0. The van der Waals surface area contributed by atoms with Crippen molar-refractivity contribution in [2.45, 2.75) is 68.9 Å². The molecule has 2 fully saturated rings. The minimum atomic E-state index is -0.186. The maximum absolute atomic E-state index is 12.2. The van der Waals surface area contributed by atoms with Crippen molar-refractivity contribution in [2.24, 2.45) is 5.73 Å². The zero-order valence-electron chi connectivity index (χ0n) is 11.5. The molecule has 0 radical (unpaired) electrons. The van der Waals surface area contributed by atoms with Crippen molar-refractivity contribution in [3.8, 4) is 0 Å². The van der Waals surface area contributed by atoms with E-state index in [0.717, 1.165) is 25.7 Å². The van der Waals surface area contributed by atoms with E-state index in [-0.39, 0.29) is 17.0 Å². The molecule has 0 saturated heterocycles. The van der Waals surface area contributed by atoms with Gasteiger partial charge in [-0.15, -0.1) is 0 Å². The first-order chi connectivity index (χ1) is 8.64. The molecule has 4 nitrogen and oxygen atoms in total. The molecule has 4 heteroatoms. The fraction of sp³-hybridized carbons (Fsp3) is 0.929. The molecule has 0 heterocycles. The van der Waals surface area contributed by atoms with Gasteiger partial charge in [0, 0.05) is 13.7 Å². The Morgan fingerprint density at radius 1 is 1.17 bits per heavy atom. The number of carbonyl (C=O) groups excluding carboxylic acids is 1. The van der Waals surface area contributed by atoms with Crippen LogP contribution in [-0.4, -0.2) is 30.7 Å². The van der Waals surface area contributed by atoms with Crippen LogP contribution in [0.5, 0.6) is 0 Å². The molecule has 2 aliphatic carbocycles. The van der Waals surface area contributed by atoms with Gasteiger partial charge < -0.3 is 15.8 Å². The molecule has 2 saturated carbocycles. The number of hydrogen-bond acceptors (Lipinski definition) is 3. The molecule has 0 unspecified atom stereocenters. The molecule has 0 bridgehead atoms. The number of ether oxygens (including phenoxy) is 1. The number of amides is 1. The summed E-state index contributed by atoms with van der Waals surface area (Å²) in [6.45, 7) is 0.554. The third-order valence-electron chi connectivity index (χ3n) is 4.79. The number of nitrogens with one attached hydrogen (secondary N) is 1. The van der Waals surface area contributed by atoms with E-state index >= 15 is 0 Å². The van der Waals surface area contributed by atoms with Gasteiger partial charge in [0.2, 0.25) is 5.91 Å². The van der Waals surface area contributed by atoms with E-state index in [2.05, 4.69) is 5.32 Å². The highest BCUT2D eigenvalue weighted by Gasteiger charge is 2.41. The van der Waals surface area contributed by atoms with Gasteiger partial charge in [-0.2, -0.15) is 0 Å². The predicted octanol–water partition coefficient (Wildman–Crippen LogP) is 1.72. The van der Waals surface area contributed by atoms with E-state index in [1.54, 1.807) is 7.11 Å². The lowest BCUT2D eigenvalue weighted by Crippen LogP contribution is -2.56. The topological polar surface area (TPSA) is 64.3 Å². The van der Waals surface area contributed by atoms with Crippen LogP contribution in [0.3, 0.4) is 0 Å². The van der Waals surface area contributed by atoms with Crippen molar-refractivity contribution in [3.05, 3.63) is 0 Å². The maximum atomic E-state index is 12.2. The second-order valence-electron chi connectivity index (χ2n) is 6.01. The molecule has 0 atom stereocenters. The lowest BCUT2D eigenvalue weighted by atomic mass is 9.76. The SMILES string of the molecule is COC1(CC(=O)NC2(CN)CCCCC2)CCC1. The average molecular weight is 254 g/mol. The van der Waals surface area contributed by atoms with Crippen LogP contribution in [-0.2, 0) is 9.53 Å². The second-order valence-corrected chi connectivity index (χ2v) is 6.01. The molecule has 2 rings (SSSR count). The van der Waals surface area contributed by atoms with E-state index < -0.39 is 0 Å². The van der Waals surface area contributed by atoms with E-state index in [9.17, 15) is 4.79 Å². The van der Waals surface area contributed by atoms with Gasteiger partial charge in [-0.1, -0.05) is 19.3 Å². The molecule has 104 valence electrons. The van der Waals surface area contributed by atoms with Crippen LogP contribution in [0.2, 0.25) is 0 Å². The van der Waals surface area contributed by atoms with Crippen molar-refractivity contribution in [1.29, 1.82) is 0 Å². The third kappa shape index (κ3) is 2.86. The van der Waals surface area contributed by atoms with Crippen LogP contribution in [0.4, 0.5) is 0 Å². The second kappa shape index (κ2) is 5.57. The summed E-state index contributed by atoms with van der Waals surface area (Å²) in [5.74, 6) is 0.115. The zero-order chi connectivity index (χ0) is 13.1. The molecule has 3 N–H and O–H groups in total. The highest BCUT2D eigenvalue weighted by atomic mass is 16.5. The summed E-state index contributed by atoms with van der Waals surface area (Å²) >= 11 is 0. The average Bonchev–Trinajstić information content (AvgIpc) is 2.35. The van der Waals surface area contributed by atoms with Crippen molar-refractivity contribution in [3.63, 3.8) is 0 Å². The summed E-state index contributed by atoms with van der Waals surface area (Å²) in [5, 5.41) is 3.20. The van der Waals surface area contributed by atoms with E-state index in [4.69, 9.17) is 10.5 Å². The predicted molar refractivity (Wildman–Crippen MR) is 71.2 cm³/mol. The Morgan fingerprint density at radius 2 is 1.83 bits per heavy atom. The number of hydrogen-bond donors (Lipinski definition) is 2. The number of rotatable bonds is 5. The highest BCUT2D eigenvalue weighted by molar-refractivity contribution is 5.78. The molecule has 0 aromatic rings. The van der Waals surface area contributed by atoms with Crippen molar-refractivity contribution >= 4 is 5.91 Å². The van der Waals surface area contributed by atoms with Crippen molar-refractivity contribution in [2.75, 3.05) is 13.7 Å². The first kappa shape index (κ1) is 13.8. The Hall–Kier alpha value is -0.610. The lowest BCUT2D eigenvalue weighted by Gasteiger charge is -2.42. The quantitative estimate of drug-likeness (QED) is 0.785. The Labute approximate surface area is 110 Å². The van der Waals surface area contributed by atoms with Crippen LogP contribution >= 0.6 is 0 Å². The van der Waals surface area contributed by atoms with Crippen LogP contribution in [0.1, 0.15) is 57.8 Å². The van der Waals surface area contributed by atoms with Gasteiger partial charge in [-0.25, -0.2) is 0 Å². The van der Waals surface area contributed by atoms with Gasteiger partial charge in [0.1, 0.15) is 0 Å². The molecular weight excluding hydrogens is 228 g/mol. The largest absolute Gasteiger partial charge is 0.378 e. The summed E-state index contributed by atoms with van der Waals surface area (Å²) < 4.78 is 5.51. The van der Waals surface area contributed by atoms with Crippen LogP contribution < -0.4 is 11.1 Å². The fourth-order valence-corrected chi connectivity index (χ4v) is 3.27. The molecule has 0 spiro atoms. The van der Waals surface area contributed by atoms with Crippen molar-refractivity contribution < 1.29 is 9.53 Å². The molecule has 0 aliphatic heterocycles. The number of nitrogens with two attached hydrogens (primary N) is 1. The normalized spacial score (nSPS) is 25.2. The summed E-state index contributed by atoms with van der Waals surface area (Å²) in [7, 11) is 1.71. The third-order valence-corrected chi connectivity index (χ3v) is 4.79. The Kier molecular flexibility index (Phi) is 4.28. The highest BCUT2D eigenvalue weighted by Crippen LogP contribution is 2.38. The molecule has 0 aromatic carbocycles. The van der Waals surface area contributed by atoms with E-state index in [1.807, 2.05) is 0 Å². The lowest BCUT2D eigenvalue weighted by molar-refractivity contribution is -0.136. The first-order valence-electron chi connectivity index (χ1n) is 7.20. The first-order valence-corrected chi connectivity index (χ1v) is 7.20. The fourth-order valence-electron chi connectivity index (χ4n) is 3.27. The molecule has 1 amide bonds. The van der Waals surface area contributed by atoms with E-state index in [1.165, 1.54) is 25.7 Å². The van der Waals surface area contributed by atoms with Gasteiger partial charge in [-0.05, 0) is 32.1 Å². The minimum Gasteiger partial charge on any atom is -0.378 e. The monoisotopic (exact) mass is 254 g/mol. The Bertz CT molecular complexity index is 289. The molecular formula is C14H26N2O2. The van der Waals surface area contributed by atoms with Gasteiger partial charge in [-0.3, -0.25) is 4.79 Å². The smallest absolute Gasteiger partial charge is 0.223 e. The number of carbonyl (C=O) groups is 1. The minimum absolute atomic E-state index is 0.115. The zero-order valence-corrected chi connectivity index (χ0v) is 11.5. The Balaban J connectivity index is 1.89. The van der Waals surface area contributed by atoms with Gasteiger partial charge in [0.15, 0.2) is 0 Å². The van der Waals surface area contributed by atoms with Crippen LogP contribution in [0.15, 0.2) is 0 Å². The Morgan fingerprint density at radius 3 is 2.28 bits per heavy atom. The molecule has 2 aliphatic rings. The standard InChI is InChI=1S/C14H26N2O2/c1-18-14(8-5-9-14)10-12(17)16-13(11-15)6-3-2-4-7-13/h2-11,15H2,1H3,(H,16,17). The summed E-state index contributed by atoms with van der Waals surface area (Å²) in [6.07, 6.45) is 9.33. The summed E-state index contributed by atoms with van der Waals surface area (Å²) in [4.78, 5) is 12.2.